The molecular formula is C54H88BF2N5O18P2. The monoisotopic (exact) mass is 1210 g/mol. The molecule has 1 unspecified atom stereocenters. The first-order valence-corrected chi connectivity index (χ1v) is 30.7. The van der Waals surface area contributed by atoms with Crippen LogP contribution in [0.1, 0.15) is 156 Å². The normalized spacial score (nSPS) is 21.4. The summed E-state index contributed by atoms with van der Waals surface area (Å²) in [7, 11) is -10.1. The summed E-state index contributed by atoms with van der Waals surface area (Å²) in [6.45, 7) is -0.153. The smallest absolute Gasteiger partial charge is 0.790 e. The number of esters is 2. The summed E-state index contributed by atoms with van der Waals surface area (Å²) < 4.78 is 89.0. The Balaban J connectivity index is 0.00000784. The Kier molecular flexibility index (Phi) is 30.2. The molecule has 28 heteroatoms. The highest BCUT2D eigenvalue weighted by Crippen LogP contribution is 2.45. The largest absolute Gasteiger partial charge is 1.00 e. The number of unbranched alkanes of at least 4 members (excludes halogenated alkanes) is 13. The van der Waals surface area contributed by atoms with Gasteiger partial charge in [-0.1, -0.05) is 76.9 Å². The van der Waals surface area contributed by atoms with Gasteiger partial charge in [-0.05, 0) is 100 Å². The van der Waals surface area contributed by atoms with E-state index in [1.165, 1.54) is 45.6 Å². The van der Waals surface area contributed by atoms with Crippen molar-refractivity contribution in [2.24, 2.45) is 0 Å². The van der Waals surface area contributed by atoms with Crippen molar-refractivity contribution >= 4 is 52.2 Å². The Morgan fingerprint density at radius 2 is 1.33 bits per heavy atom. The molecule has 2 aliphatic heterocycles. The number of carbonyl (C=O) groups is 3. The summed E-state index contributed by atoms with van der Waals surface area (Å²) in [5, 5.41) is 44.0. The van der Waals surface area contributed by atoms with Gasteiger partial charge in [-0.2, -0.15) is 0 Å². The van der Waals surface area contributed by atoms with Crippen molar-refractivity contribution in [1.82, 2.24) is 22.1 Å². The van der Waals surface area contributed by atoms with Crippen LogP contribution in [0.5, 0.6) is 5.75 Å². The number of methoxy groups -OCH3 is 1. The number of fused-ring (bicyclic) bond motifs is 2. The molecule has 1 aromatic carbocycles. The molecular weight excluding hydrogens is 1120 g/mol. The van der Waals surface area contributed by atoms with Crippen molar-refractivity contribution < 1.29 is 101 Å². The van der Waals surface area contributed by atoms with E-state index in [1.54, 1.807) is 56.3 Å². The molecule has 1 fully saturated rings. The van der Waals surface area contributed by atoms with Gasteiger partial charge in [-0.3, -0.25) is 18.9 Å². The molecule has 1 aromatic heterocycles. The molecule has 1 aliphatic carbocycles. The lowest BCUT2D eigenvalue weighted by atomic mass is 9.85. The van der Waals surface area contributed by atoms with Gasteiger partial charge in [0, 0.05) is 61.3 Å². The Labute approximate surface area is 480 Å². The predicted molar refractivity (Wildman–Crippen MR) is 300 cm³/mol. The van der Waals surface area contributed by atoms with Gasteiger partial charge >= 0.3 is 20.3 Å². The number of rotatable bonds is 36. The zero-order valence-electron chi connectivity index (χ0n) is 49.1. The highest BCUT2D eigenvalue weighted by molar-refractivity contribution is 7.45. The first-order valence-electron chi connectivity index (χ1n) is 27.8. The summed E-state index contributed by atoms with van der Waals surface area (Å²) in [5.41, 5.74) is 3.35. The van der Waals surface area contributed by atoms with E-state index in [9.17, 15) is 58.6 Å². The number of hydrogen-bond acceptors (Lipinski definition) is 18. The van der Waals surface area contributed by atoms with Crippen LogP contribution in [0.15, 0.2) is 65.4 Å². The van der Waals surface area contributed by atoms with Crippen molar-refractivity contribution in [3.63, 3.8) is 0 Å². The fourth-order valence-electron chi connectivity index (χ4n) is 10.1. The summed E-state index contributed by atoms with van der Waals surface area (Å²) in [6.07, 6.45) is 5.04. The number of nitrogens with zero attached hydrogens (tertiary/aromatic N) is 2. The number of benzene rings is 1. The number of nitrogens with one attached hydrogen (secondary N) is 1. The molecule has 0 saturated heterocycles. The summed E-state index contributed by atoms with van der Waals surface area (Å²) in [6, 6.07) is 10.2. The summed E-state index contributed by atoms with van der Waals surface area (Å²) in [4.78, 5) is 74.2. The molecule has 13 N–H and O–H groups in total. The van der Waals surface area contributed by atoms with Gasteiger partial charge in [0.25, 0.3) is 7.82 Å². The first-order chi connectivity index (χ1) is 38.0. The molecule has 2 aromatic rings. The third-order valence-corrected chi connectivity index (χ3v) is 15.9. The van der Waals surface area contributed by atoms with E-state index >= 15 is 8.63 Å². The average molecular weight is 1210 g/mol. The van der Waals surface area contributed by atoms with Crippen molar-refractivity contribution in [1.29, 1.82) is 0 Å². The number of amides is 1. The molecule has 82 heavy (non-hydrogen) atoms. The second-order valence-corrected chi connectivity index (χ2v) is 23.0. The zero-order chi connectivity index (χ0) is 58.6. The van der Waals surface area contributed by atoms with Crippen molar-refractivity contribution in [3.8, 4) is 17.0 Å². The lowest BCUT2D eigenvalue weighted by Crippen LogP contribution is -2.65. The SMILES string of the molecule is CCCCCCCC/C=C\CCCCCCCC(=O)OC[C@H](COP(=O)([O-])O[C@@H]1[C@H](O)[C@H](OP(=O)([O-])[O-])[C@@H](O)[C@H](O)[C@H]1O)OC(=O)CCCCCNC(=O)CCC1=C(C)C2=Cc3ccc(-c4ccc(OC)cc4)n3[B-](F)(F)[N+]2=C1C.[H+].[NH4+].[NH4+]. The lowest BCUT2D eigenvalue weighted by Gasteiger charge is -2.47. The maximum Gasteiger partial charge on any atom is 1.00 e. The van der Waals surface area contributed by atoms with Crippen LogP contribution < -0.4 is 37.0 Å². The van der Waals surface area contributed by atoms with E-state index in [0.29, 0.717) is 64.5 Å². The Hall–Kier alpha value is -4.50. The van der Waals surface area contributed by atoms with Crippen LogP contribution in [0.4, 0.5) is 8.63 Å². The number of hydrogen-bond donors (Lipinski definition) is 7. The average Bonchev–Trinajstić information content (AvgIpc) is 2.38. The van der Waals surface area contributed by atoms with Gasteiger partial charge in [0.05, 0.1) is 21.5 Å². The maximum absolute atomic E-state index is 16.5. The first kappa shape index (κ1) is 71.8. The minimum atomic E-state index is -5.94. The molecule has 0 spiro atoms. The van der Waals surface area contributed by atoms with Crippen LogP contribution in [0, 0.1) is 0 Å². The number of carbonyl (C=O) groups excluding carboxylic acids is 3. The molecule has 1 amide bonds. The number of aliphatic hydroxyl groups is 4. The Morgan fingerprint density at radius 1 is 0.756 bits per heavy atom. The van der Waals surface area contributed by atoms with E-state index in [2.05, 4.69) is 28.9 Å². The number of phosphoric acid groups is 2. The fourth-order valence-corrected chi connectivity index (χ4v) is 11.6. The Morgan fingerprint density at radius 3 is 1.94 bits per heavy atom. The van der Waals surface area contributed by atoms with E-state index in [1.807, 2.05) is 0 Å². The van der Waals surface area contributed by atoms with E-state index in [4.69, 9.17) is 23.3 Å². The van der Waals surface area contributed by atoms with Crippen molar-refractivity contribution in [2.75, 3.05) is 26.9 Å². The van der Waals surface area contributed by atoms with Crippen molar-refractivity contribution in [2.45, 2.75) is 192 Å². The van der Waals surface area contributed by atoms with Gasteiger partial charge in [-0.15, -0.1) is 0 Å². The molecule has 1 saturated carbocycles. The quantitative estimate of drug-likeness (QED) is 0.0120. The Bertz CT molecular complexity index is 2610. The second kappa shape index (κ2) is 34.5. The van der Waals surface area contributed by atoms with Crippen molar-refractivity contribution in [3.05, 3.63) is 71.1 Å². The number of aliphatic hydroxyl groups excluding tert-OH is 4. The number of ether oxygens (including phenoxy) is 3. The van der Waals surface area contributed by atoms with Crippen LogP contribution in [-0.4, -0.2) is 130 Å². The van der Waals surface area contributed by atoms with Crippen LogP contribution in [0.3, 0.4) is 0 Å². The van der Waals surface area contributed by atoms with Gasteiger partial charge in [0.1, 0.15) is 54.7 Å². The number of allylic oxidation sites excluding steroid dienone is 4. The zero-order valence-corrected chi connectivity index (χ0v) is 49.9. The van der Waals surface area contributed by atoms with E-state index < -0.39 is 90.5 Å². The standard InChI is InChI=1S/C54H82BF2N3O18P2.2H3N/c1-5-6-7-8-9-10-11-12-13-14-15-16-17-18-20-23-47(62)74-35-42(36-75-80(71,72)78-54-51(66)49(64)50(65)53(52(54)67)77-79(68,69)70)76-48(63)24-21-19-22-33-58-46(61)32-30-43-37(2)45-34-40-27-31-44(39-25-28-41(73-4)29-26-39)60(40)55(56,57)59(45)38(43)3;;/h12-13,25-29,31,34,42,49-54,64-67H,5-11,14-24,30,32-33,35-36H2,1-4H3,(H,58,61)(H,71,72)(H2,68,69,70);2*1H3/b13-12-;;/t42-,49+,50+,51-,52-,53-,54+;;/m1../s1. The fraction of sp³-hybridized carbons (Fsp3) is 0.630. The molecule has 5 rings (SSSR count). The number of aromatic nitrogens is 1. The molecule has 3 aliphatic rings. The van der Waals surface area contributed by atoms with Gasteiger partial charge in [0.2, 0.25) is 5.91 Å². The molecule has 8 atom stereocenters. The maximum atomic E-state index is 16.5. The topological polar surface area (TPSA) is 384 Å². The number of halogens is 2. The highest BCUT2D eigenvalue weighted by atomic mass is 31.2. The predicted octanol–water partition coefficient (Wildman–Crippen LogP) is 6.90. The van der Waals surface area contributed by atoms with Gasteiger partial charge in [-0.25, -0.2) is 0 Å². The van der Waals surface area contributed by atoms with Crippen LogP contribution in [-0.2, 0) is 46.6 Å². The molecule has 464 valence electrons. The minimum Gasteiger partial charge on any atom is -0.790 e. The lowest BCUT2D eigenvalue weighted by molar-refractivity contribution is -0.363. The second-order valence-electron chi connectivity index (χ2n) is 20.5. The molecule has 23 nitrogen and oxygen atoms in total. The van der Waals surface area contributed by atoms with Gasteiger partial charge in [0.15, 0.2) is 11.8 Å². The molecule has 0 bridgehead atoms. The van der Waals surface area contributed by atoms with Gasteiger partial charge < -0.3 is 103 Å². The summed E-state index contributed by atoms with van der Waals surface area (Å²) >= 11 is 0. The van der Waals surface area contributed by atoms with E-state index in [0.717, 1.165) is 47.5 Å². The summed E-state index contributed by atoms with van der Waals surface area (Å²) in [5.74, 6) is -1.21. The highest BCUT2D eigenvalue weighted by Gasteiger charge is 2.55. The third kappa shape index (κ3) is 21.2. The minimum absolute atomic E-state index is 0. The number of quaternary nitrogens is 2. The van der Waals surface area contributed by atoms with Crippen LogP contribution >= 0.6 is 15.6 Å². The third-order valence-electron chi connectivity index (χ3n) is 14.5. The van der Waals surface area contributed by atoms with Crippen LogP contribution in [0.25, 0.3) is 17.3 Å². The van der Waals surface area contributed by atoms with E-state index in [-0.39, 0.29) is 58.3 Å². The van der Waals surface area contributed by atoms with Crippen LogP contribution in [0.2, 0.25) is 0 Å². The number of phosphoric ester groups is 2. The molecule has 3 heterocycles. The molecule has 0 radical (unpaired) electrons.